The molecule has 3 heterocycles. The van der Waals surface area contributed by atoms with Crippen molar-refractivity contribution in [2.75, 3.05) is 0 Å². The van der Waals surface area contributed by atoms with Crippen LogP contribution in [0, 0.1) is 13.8 Å². The fraction of sp³-hybridized carbons (Fsp3) is 0.316. The molecule has 0 amide bonds. The molecule has 0 saturated carbocycles. The van der Waals surface area contributed by atoms with Gasteiger partial charge in [-0.25, -0.2) is 18.3 Å². The van der Waals surface area contributed by atoms with Crippen molar-refractivity contribution in [3.63, 3.8) is 0 Å². The van der Waals surface area contributed by atoms with Gasteiger partial charge >= 0.3 is 0 Å². The van der Waals surface area contributed by atoms with Gasteiger partial charge in [-0.05, 0) is 49.6 Å². The Kier molecular flexibility index (Phi) is 3.94. The highest BCUT2D eigenvalue weighted by Gasteiger charge is 2.22. The van der Waals surface area contributed by atoms with E-state index in [9.17, 15) is 8.78 Å². The largest absolute Gasteiger partial charge is 0.278 e. The van der Waals surface area contributed by atoms with Gasteiger partial charge in [0.15, 0.2) is 11.5 Å². The van der Waals surface area contributed by atoms with E-state index in [4.69, 9.17) is 0 Å². The third kappa shape index (κ3) is 2.55. The van der Waals surface area contributed by atoms with E-state index in [0.717, 1.165) is 22.9 Å². The number of halogens is 2. The molecule has 4 rings (SSSR count). The van der Waals surface area contributed by atoms with Crippen LogP contribution < -0.4 is 0 Å². The lowest BCUT2D eigenvalue weighted by atomic mass is 10.0. The summed E-state index contributed by atoms with van der Waals surface area (Å²) >= 11 is 0. The van der Waals surface area contributed by atoms with Crippen LogP contribution in [-0.4, -0.2) is 24.8 Å². The van der Waals surface area contributed by atoms with Crippen LogP contribution in [0.5, 0.6) is 0 Å². The zero-order valence-electron chi connectivity index (χ0n) is 14.8. The number of aromatic nitrogens is 5. The number of fused-ring (bicyclic) bond motifs is 2. The molecule has 7 heteroatoms. The summed E-state index contributed by atoms with van der Waals surface area (Å²) in [5.41, 5.74) is 4.20. The van der Waals surface area contributed by atoms with Gasteiger partial charge < -0.3 is 0 Å². The monoisotopic (exact) mass is 355 g/mol. The van der Waals surface area contributed by atoms with Crippen LogP contribution in [0.4, 0.5) is 8.78 Å². The highest BCUT2D eigenvalue weighted by molar-refractivity contribution is 5.87. The molecular formula is C19H19F2N5. The molecular weight excluding hydrogens is 336 g/mol. The summed E-state index contributed by atoms with van der Waals surface area (Å²) in [6, 6.07) is 5.27. The molecule has 3 aromatic heterocycles. The highest BCUT2D eigenvalue weighted by Crippen LogP contribution is 2.35. The summed E-state index contributed by atoms with van der Waals surface area (Å²) in [7, 11) is 0. The van der Waals surface area contributed by atoms with Gasteiger partial charge in [-0.1, -0.05) is 6.92 Å². The molecule has 5 nitrogen and oxygen atoms in total. The maximum atomic E-state index is 13.9. The molecule has 0 bridgehead atoms. The summed E-state index contributed by atoms with van der Waals surface area (Å²) in [6.07, 6.45) is 0.702. The van der Waals surface area contributed by atoms with Gasteiger partial charge in [-0.15, -0.1) is 0 Å². The van der Waals surface area contributed by atoms with Crippen molar-refractivity contribution in [1.82, 2.24) is 24.8 Å². The molecule has 4 aromatic rings. The topological polar surface area (TPSA) is 58.9 Å². The van der Waals surface area contributed by atoms with Gasteiger partial charge in [-0.2, -0.15) is 10.2 Å². The Morgan fingerprint density at radius 3 is 2.69 bits per heavy atom. The van der Waals surface area contributed by atoms with Crippen LogP contribution in [-0.2, 0) is 6.42 Å². The molecule has 26 heavy (non-hydrogen) atoms. The van der Waals surface area contributed by atoms with Gasteiger partial charge in [0.2, 0.25) is 0 Å². The van der Waals surface area contributed by atoms with E-state index in [1.807, 2.05) is 26.0 Å². The van der Waals surface area contributed by atoms with Crippen LogP contribution in [0.1, 0.15) is 42.3 Å². The molecule has 0 unspecified atom stereocenters. The molecule has 0 saturated heterocycles. The highest BCUT2D eigenvalue weighted by atomic mass is 19.3. The van der Waals surface area contributed by atoms with Crippen molar-refractivity contribution in [3.8, 4) is 11.3 Å². The molecule has 0 atom stereocenters. The average Bonchev–Trinajstić information content (AvgIpc) is 3.22. The number of aromatic amines is 1. The van der Waals surface area contributed by atoms with Gasteiger partial charge in [0, 0.05) is 22.9 Å². The maximum Gasteiger partial charge on any atom is 0.265 e. The number of pyridine rings is 1. The first-order chi connectivity index (χ1) is 12.5. The normalized spacial score (nSPS) is 11.9. The third-order valence-corrected chi connectivity index (χ3v) is 4.59. The van der Waals surface area contributed by atoms with Crippen LogP contribution in [0.2, 0.25) is 0 Å². The van der Waals surface area contributed by atoms with Crippen LogP contribution in [0.3, 0.4) is 0 Å². The second-order valence-electron chi connectivity index (χ2n) is 6.57. The Morgan fingerprint density at radius 2 is 1.96 bits per heavy atom. The quantitative estimate of drug-likeness (QED) is 0.573. The smallest absolute Gasteiger partial charge is 0.265 e. The maximum absolute atomic E-state index is 13.9. The summed E-state index contributed by atoms with van der Waals surface area (Å²) in [5.74, 6) is 0.671. The second-order valence-corrected chi connectivity index (χ2v) is 6.57. The number of rotatable bonds is 4. The van der Waals surface area contributed by atoms with E-state index in [0.29, 0.717) is 34.7 Å². The molecule has 0 fully saturated rings. The summed E-state index contributed by atoms with van der Waals surface area (Å²) in [6.45, 7) is 5.77. The van der Waals surface area contributed by atoms with E-state index < -0.39 is 6.43 Å². The van der Waals surface area contributed by atoms with Crippen molar-refractivity contribution in [2.45, 2.75) is 40.0 Å². The zero-order chi connectivity index (χ0) is 18.4. The minimum atomic E-state index is -2.60. The number of benzene rings is 1. The van der Waals surface area contributed by atoms with E-state index >= 15 is 0 Å². The first-order valence-corrected chi connectivity index (χ1v) is 8.61. The first kappa shape index (κ1) is 16.6. The van der Waals surface area contributed by atoms with Crippen LogP contribution in [0.15, 0.2) is 24.4 Å². The molecule has 1 aromatic carbocycles. The molecule has 0 radical (unpaired) electrons. The van der Waals surface area contributed by atoms with Gasteiger partial charge in [0.25, 0.3) is 6.43 Å². The number of hydrogen-bond donors (Lipinski definition) is 1. The summed E-state index contributed by atoms with van der Waals surface area (Å²) in [4.78, 5) is 4.55. The molecule has 134 valence electrons. The fourth-order valence-electron chi connectivity index (χ4n) is 3.41. The lowest BCUT2D eigenvalue weighted by Crippen LogP contribution is -2.03. The van der Waals surface area contributed by atoms with Crippen molar-refractivity contribution >= 4 is 16.6 Å². The predicted molar refractivity (Wildman–Crippen MR) is 96.5 cm³/mol. The van der Waals surface area contributed by atoms with Crippen molar-refractivity contribution < 1.29 is 8.78 Å². The molecule has 0 aliphatic heterocycles. The summed E-state index contributed by atoms with van der Waals surface area (Å²) < 4.78 is 29.3. The number of alkyl halides is 2. The first-order valence-electron chi connectivity index (χ1n) is 8.61. The number of H-pyrrole nitrogens is 1. The Balaban J connectivity index is 2.07. The van der Waals surface area contributed by atoms with Crippen molar-refractivity contribution in [2.24, 2.45) is 0 Å². The SMILES string of the molecule is CCCc1nc2c(C)cc(C(F)F)c(-c3cc(C)c4[nH]ncc4c3)n2n1. The van der Waals surface area contributed by atoms with Gasteiger partial charge in [0.05, 0.1) is 17.4 Å². The van der Waals surface area contributed by atoms with E-state index in [1.165, 1.54) is 6.07 Å². The van der Waals surface area contributed by atoms with E-state index in [2.05, 4.69) is 20.3 Å². The average molecular weight is 355 g/mol. The Morgan fingerprint density at radius 1 is 1.15 bits per heavy atom. The standard InChI is InChI=1S/C19H19F2N5/c1-4-5-15-23-19-11(3)7-14(18(20)21)17(26(19)25-15)12-6-10(2)16-13(8-12)9-22-24-16/h6-9,18H,4-5H2,1-3H3,(H,22,24). The third-order valence-electron chi connectivity index (χ3n) is 4.59. The van der Waals surface area contributed by atoms with Gasteiger partial charge in [0.1, 0.15) is 0 Å². The van der Waals surface area contributed by atoms with Crippen LogP contribution >= 0.6 is 0 Å². The Hall–Kier alpha value is -2.83. The van der Waals surface area contributed by atoms with E-state index in [1.54, 1.807) is 17.6 Å². The van der Waals surface area contributed by atoms with Crippen LogP contribution in [0.25, 0.3) is 27.8 Å². The number of nitrogens with one attached hydrogen (secondary N) is 1. The number of nitrogens with zero attached hydrogens (tertiary/aromatic N) is 4. The molecule has 0 aliphatic carbocycles. The van der Waals surface area contributed by atoms with E-state index in [-0.39, 0.29) is 5.56 Å². The summed E-state index contributed by atoms with van der Waals surface area (Å²) in [5, 5.41) is 12.4. The molecule has 0 spiro atoms. The second kappa shape index (κ2) is 6.16. The number of hydrogen-bond acceptors (Lipinski definition) is 3. The van der Waals surface area contributed by atoms with Crippen molar-refractivity contribution in [1.29, 1.82) is 0 Å². The van der Waals surface area contributed by atoms with Gasteiger partial charge in [-0.3, -0.25) is 5.10 Å². The van der Waals surface area contributed by atoms with Crippen molar-refractivity contribution in [3.05, 3.63) is 46.9 Å². The minimum Gasteiger partial charge on any atom is -0.278 e. The Labute approximate surface area is 149 Å². The minimum absolute atomic E-state index is 0.0369. The lowest BCUT2D eigenvalue weighted by Gasteiger charge is -2.13. The lowest BCUT2D eigenvalue weighted by molar-refractivity contribution is 0.151. The predicted octanol–water partition coefficient (Wildman–Crippen LogP) is 4.78. The molecule has 1 N–H and O–H groups in total. The fourth-order valence-corrected chi connectivity index (χ4v) is 3.41. The molecule has 0 aliphatic rings. The Bertz CT molecular complexity index is 1110. The number of aryl methyl sites for hydroxylation is 3. The zero-order valence-corrected chi connectivity index (χ0v) is 14.8.